The fraction of sp³-hybridized carbons (Fsp3) is 0.529. The molecule has 0 aliphatic carbocycles. The molecule has 1 rings (SSSR count). The van der Waals surface area contributed by atoms with Gasteiger partial charge in [0.2, 0.25) is 5.91 Å². The van der Waals surface area contributed by atoms with E-state index in [4.69, 9.17) is 4.74 Å². The van der Waals surface area contributed by atoms with Crippen molar-refractivity contribution in [1.82, 2.24) is 10.2 Å². The summed E-state index contributed by atoms with van der Waals surface area (Å²) in [5.41, 5.74) is 0.380. The first-order valence-electron chi connectivity index (χ1n) is 8.14. The second-order valence-corrected chi connectivity index (χ2v) is 7.26. The fourth-order valence-corrected chi connectivity index (χ4v) is 2.48. The molecular formula is C17H24BrN3O5. The summed E-state index contributed by atoms with van der Waals surface area (Å²) in [4.78, 5) is 35.6. The number of nitro groups is 1. The first-order valence-corrected chi connectivity index (χ1v) is 9.26. The van der Waals surface area contributed by atoms with E-state index in [9.17, 15) is 19.7 Å². The molecule has 2 amide bonds. The Morgan fingerprint density at radius 1 is 1.31 bits per heavy atom. The molecule has 0 fully saturated rings. The monoisotopic (exact) mass is 429 g/mol. The van der Waals surface area contributed by atoms with Gasteiger partial charge < -0.3 is 15.0 Å². The fourth-order valence-electron chi connectivity index (χ4n) is 2.13. The van der Waals surface area contributed by atoms with Crippen LogP contribution < -0.4 is 5.32 Å². The number of amides is 2. The largest absolute Gasteiger partial charge is 0.448 e. The van der Waals surface area contributed by atoms with Crippen molar-refractivity contribution in [1.29, 1.82) is 0 Å². The van der Waals surface area contributed by atoms with E-state index in [1.54, 1.807) is 17.0 Å². The third kappa shape index (κ3) is 8.28. The second kappa shape index (κ2) is 10.1. The van der Waals surface area contributed by atoms with Crippen molar-refractivity contribution in [2.45, 2.75) is 32.7 Å². The summed E-state index contributed by atoms with van der Waals surface area (Å²) in [7, 11) is 0. The van der Waals surface area contributed by atoms with Crippen LogP contribution >= 0.6 is 15.9 Å². The number of alkyl halides is 1. The lowest BCUT2D eigenvalue weighted by molar-refractivity contribution is -0.384. The van der Waals surface area contributed by atoms with Crippen molar-refractivity contribution in [2.75, 3.05) is 25.0 Å². The summed E-state index contributed by atoms with van der Waals surface area (Å²) in [5, 5.41) is 13.7. The Morgan fingerprint density at radius 2 is 2.00 bits per heavy atom. The van der Waals surface area contributed by atoms with Crippen LogP contribution in [0.2, 0.25) is 0 Å². The van der Waals surface area contributed by atoms with E-state index >= 15 is 0 Å². The van der Waals surface area contributed by atoms with Crippen molar-refractivity contribution in [2.24, 2.45) is 0 Å². The third-order valence-electron chi connectivity index (χ3n) is 3.33. The van der Waals surface area contributed by atoms with E-state index in [1.165, 1.54) is 12.1 Å². The summed E-state index contributed by atoms with van der Waals surface area (Å²) >= 11 is 3.13. The average molecular weight is 430 g/mol. The molecular weight excluding hydrogens is 406 g/mol. The van der Waals surface area contributed by atoms with Crippen LogP contribution in [0.25, 0.3) is 0 Å². The number of ether oxygens (including phenoxy) is 1. The Kier molecular flexibility index (Phi) is 8.50. The number of hydrogen-bond acceptors (Lipinski definition) is 5. The lowest BCUT2D eigenvalue weighted by Crippen LogP contribution is -2.42. The van der Waals surface area contributed by atoms with Crippen LogP contribution in [0.4, 0.5) is 10.5 Å². The topological polar surface area (TPSA) is 102 Å². The van der Waals surface area contributed by atoms with Crippen molar-refractivity contribution in [3.05, 3.63) is 39.9 Å². The van der Waals surface area contributed by atoms with Crippen LogP contribution in [0.15, 0.2) is 24.3 Å². The number of rotatable bonds is 8. The summed E-state index contributed by atoms with van der Waals surface area (Å²) in [5.74, 6) is -0.143. The van der Waals surface area contributed by atoms with Crippen molar-refractivity contribution in [3.63, 3.8) is 0 Å². The standard InChI is InChI=1S/C17H24BrN3O5/c1-17(2,3)19-16(23)26-10-9-20(15(22)12-18)8-7-13-5-4-6-14(11-13)21(24)25/h4-6,11H,7-10,12H2,1-3H3,(H,19,23). The smallest absolute Gasteiger partial charge is 0.407 e. The van der Waals surface area contributed by atoms with Crippen LogP contribution in [0, 0.1) is 10.1 Å². The maximum Gasteiger partial charge on any atom is 0.407 e. The van der Waals surface area contributed by atoms with E-state index in [1.807, 2.05) is 20.8 Å². The van der Waals surface area contributed by atoms with Gasteiger partial charge in [0.15, 0.2) is 0 Å². The van der Waals surface area contributed by atoms with Gasteiger partial charge in [0.1, 0.15) is 6.61 Å². The van der Waals surface area contributed by atoms with Gasteiger partial charge in [-0.3, -0.25) is 14.9 Å². The second-order valence-electron chi connectivity index (χ2n) is 6.70. The molecule has 0 unspecified atom stereocenters. The van der Waals surface area contributed by atoms with Gasteiger partial charge in [-0.1, -0.05) is 28.1 Å². The minimum absolute atomic E-state index is 0.0167. The zero-order valence-electron chi connectivity index (χ0n) is 15.2. The minimum atomic E-state index is -0.539. The number of benzene rings is 1. The molecule has 1 aromatic rings. The summed E-state index contributed by atoms with van der Waals surface area (Å²) in [6, 6.07) is 6.30. The molecule has 9 heteroatoms. The van der Waals surface area contributed by atoms with E-state index in [0.717, 1.165) is 5.56 Å². The highest BCUT2D eigenvalue weighted by atomic mass is 79.9. The lowest BCUT2D eigenvalue weighted by Gasteiger charge is -2.23. The number of carbonyl (C=O) groups is 2. The van der Waals surface area contributed by atoms with Gasteiger partial charge in [0.25, 0.3) is 5.69 Å². The van der Waals surface area contributed by atoms with Crippen LogP contribution in [-0.4, -0.2) is 52.4 Å². The first kappa shape index (κ1) is 21.9. The summed E-state index contributed by atoms with van der Waals surface area (Å²) in [6.45, 7) is 6.21. The number of nitrogens with zero attached hydrogens (tertiary/aromatic N) is 2. The number of hydrogen-bond donors (Lipinski definition) is 1. The van der Waals surface area contributed by atoms with E-state index in [2.05, 4.69) is 21.2 Å². The molecule has 0 aromatic heterocycles. The van der Waals surface area contributed by atoms with Crippen molar-refractivity contribution < 1.29 is 19.2 Å². The molecule has 0 aliphatic rings. The normalized spacial score (nSPS) is 10.9. The predicted octanol–water partition coefficient (Wildman–Crippen LogP) is 2.89. The number of non-ortho nitro benzene ring substituents is 1. The predicted molar refractivity (Wildman–Crippen MR) is 101 cm³/mol. The van der Waals surface area contributed by atoms with Crippen LogP contribution in [-0.2, 0) is 16.0 Å². The van der Waals surface area contributed by atoms with E-state index in [0.29, 0.717) is 13.0 Å². The SMILES string of the molecule is CC(C)(C)NC(=O)OCCN(CCc1cccc([N+](=O)[O-])c1)C(=O)CBr. The quantitative estimate of drug-likeness (QED) is 0.388. The zero-order valence-corrected chi connectivity index (χ0v) is 16.7. The Balaban J connectivity index is 2.57. The highest BCUT2D eigenvalue weighted by Crippen LogP contribution is 2.14. The molecule has 8 nitrogen and oxygen atoms in total. The lowest BCUT2D eigenvalue weighted by atomic mass is 10.1. The van der Waals surface area contributed by atoms with Gasteiger partial charge >= 0.3 is 6.09 Å². The van der Waals surface area contributed by atoms with E-state index < -0.39 is 16.6 Å². The molecule has 26 heavy (non-hydrogen) atoms. The molecule has 144 valence electrons. The van der Waals surface area contributed by atoms with Crippen LogP contribution in [0.5, 0.6) is 0 Å². The number of carbonyl (C=O) groups excluding carboxylic acids is 2. The number of alkyl carbamates (subject to hydrolysis) is 1. The van der Waals surface area contributed by atoms with Crippen LogP contribution in [0.3, 0.4) is 0 Å². The maximum atomic E-state index is 12.0. The minimum Gasteiger partial charge on any atom is -0.448 e. The molecule has 0 saturated heterocycles. The molecule has 0 saturated carbocycles. The van der Waals surface area contributed by atoms with Crippen molar-refractivity contribution >= 4 is 33.6 Å². The number of halogens is 1. The van der Waals surface area contributed by atoms with Gasteiger partial charge in [-0.15, -0.1) is 0 Å². The highest BCUT2D eigenvalue weighted by Gasteiger charge is 2.17. The molecule has 0 heterocycles. The van der Waals surface area contributed by atoms with Gasteiger partial charge in [0, 0.05) is 24.2 Å². The Hall–Kier alpha value is -2.16. The molecule has 0 spiro atoms. The average Bonchev–Trinajstić information content (AvgIpc) is 2.55. The summed E-state index contributed by atoms with van der Waals surface area (Å²) in [6.07, 6.45) is -0.0725. The maximum absolute atomic E-state index is 12.0. The van der Waals surface area contributed by atoms with E-state index in [-0.39, 0.29) is 30.1 Å². The van der Waals surface area contributed by atoms with Crippen molar-refractivity contribution in [3.8, 4) is 0 Å². The zero-order chi connectivity index (χ0) is 19.7. The summed E-state index contributed by atoms with van der Waals surface area (Å²) < 4.78 is 5.10. The number of nitrogens with one attached hydrogen (secondary N) is 1. The molecule has 0 atom stereocenters. The molecule has 0 aliphatic heterocycles. The molecule has 0 radical (unpaired) electrons. The number of nitro benzene ring substituents is 1. The van der Waals surface area contributed by atoms with Gasteiger partial charge in [0.05, 0.1) is 16.8 Å². The Bertz CT molecular complexity index is 646. The van der Waals surface area contributed by atoms with Gasteiger partial charge in [-0.05, 0) is 32.8 Å². The third-order valence-corrected chi connectivity index (χ3v) is 3.81. The van der Waals surface area contributed by atoms with Gasteiger partial charge in [-0.25, -0.2) is 4.79 Å². The molecule has 0 bridgehead atoms. The van der Waals surface area contributed by atoms with Crippen LogP contribution in [0.1, 0.15) is 26.3 Å². The highest BCUT2D eigenvalue weighted by molar-refractivity contribution is 9.09. The van der Waals surface area contributed by atoms with Gasteiger partial charge in [-0.2, -0.15) is 0 Å². The molecule has 1 N–H and O–H groups in total. The Labute approximate surface area is 161 Å². The first-order chi connectivity index (χ1) is 12.1. The molecule has 1 aromatic carbocycles. The Morgan fingerprint density at radius 3 is 2.58 bits per heavy atom.